The highest BCUT2D eigenvalue weighted by atomic mass is 35.5. The number of hydrogen-bond donors (Lipinski definition) is 1. The van der Waals surface area contributed by atoms with E-state index >= 15 is 0 Å². The molecule has 0 amide bonds. The minimum Gasteiger partial charge on any atom is -0.295 e. The van der Waals surface area contributed by atoms with Crippen LogP contribution in [0.4, 0.5) is 0 Å². The molecule has 0 radical (unpaired) electrons. The zero-order valence-electron chi connectivity index (χ0n) is 13.9. The van der Waals surface area contributed by atoms with Crippen LogP contribution in [0.1, 0.15) is 33.3 Å². The van der Waals surface area contributed by atoms with Gasteiger partial charge in [0.05, 0.1) is 0 Å². The number of benzene rings is 1. The minimum absolute atomic E-state index is 0.142. The Hall–Kier alpha value is -1.40. The van der Waals surface area contributed by atoms with Crippen LogP contribution in [-0.4, -0.2) is 41.0 Å². The number of alkyl halides is 1. The number of carbonyl (C=O) groups excluding carboxylic acids is 1. The van der Waals surface area contributed by atoms with Gasteiger partial charge in [0, 0.05) is 0 Å². The average molecular weight is 358 g/mol. The van der Waals surface area contributed by atoms with Gasteiger partial charge in [0.15, 0.2) is 5.78 Å². The summed E-state index contributed by atoms with van der Waals surface area (Å²) in [5.74, 6) is 0.0999. The number of halogens is 1. The van der Waals surface area contributed by atoms with Crippen LogP contribution in [0.3, 0.4) is 0 Å². The molecule has 1 aromatic rings. The molecule has 0 saturated carbocycles. The van der Waals surface area contributed by atoms with E-state index in [1.54, 1.807) is 45.0 Å². The lowest BCUT2D eigenvalue weighted by Gasteiger charge is -2.21. The van der Waals surface area contributed by atoms with Crippen LogP contribution in [0.2, 0.25) is 0 Å². The summed E-state index contributed by atoms with van der Waals surface area (Å²) in [5, 5.41) is 2.54. The third-order valence-electron chi connectivity index (χ3n) is 3.95. The number of carbonyl (C=O) groups is 1. The first-order chi connectivity index (χ1) is 10.5. The Balaban J connectivity index is 2.70. The van der Waals surface area contributed by atoms with E-state index in [1.807, 2.05) is 6.92 Å². The molecule has 0 fully saturated rings. The fourth-order valence-electron chi connectivity index (χ4n) is 2.93. The number of Topliss-reactive ketones (excluding diaryl/α,β-unsaturated/α-hetero) is 1. The Bertz CT molecular complexity index is 765. The van der Waals surface area contributed by atoms with Crippen LogP contribution in [0.5, 0.6) is 0 Å². The van der Waals surface area contributed by atoms with Gasteiger partial charge in [0.1, 0.15) is 15.8 Å². The highest BCUT2D eigenvalue weighted by Crippen LogP contribution is 2.27. The lowest BCUT2D eigenvalue weighted by atomic mass is 9.94. The van der Waals surface area contributed by atoms with E-state index in [0.29, 0.717) is 5.84 Å². The predicted molar refractivity (Wildman–Crippen MR) is 90.6 cm³/mol. The maximum absolute atomic E-state index is 13.1. The number of rotatable bonds is 4. The van der Waals surface area contributed by atoms with Gasteiger partial charge < -0.3 is 0 Å². The normalized spacial score (nSPS) is 21.9. The fourth-order valence-corrected chi connectivity index (χ4v) is 5.00. The molecule has 1 aliphatic heterocycles. The quantitative estimate of drug-likeness (QED) is 0.661. The van der Waals surface area contributed by atoms with Gasteiger partial charge >= 0.3 is 10.0 Å². The largest absolute Gasteiger partial charge is 0.331 e. The summed E-state index contributed by atoms with van der Waals surface area (Å²) >= 11 is 6.18. The fraction of sp³-hybridized carbons (Fsp3) is 0.500. The number of amidine groups is 1. The van der Waals surface area contributed by atoms with E-state index in [0.717, 1.165) is 9.54 Å². The molecule has 0 spiro atoms. The lowest BCUT2D eigenvalue weighted by molar-refractivity contribution is -0.399. The van der Waals surface area contributed by atoms with Crippen LogP contribution in [0, 0.1) is 6.92 Å². The standard InChI is InChI=1S/C16H21ClN2O3S/c1-10-6-8-13(9-7-10)23(21,22)19-14(12(3)20)16(4,5)18-15(19)11(2)17/h6-9,11,14H,1-5H3/p+1/t11-,14-/m0/s1. The molecule has 0 saturated heterocycles. The van der Waals surface area contributed by atoms with E-state index in [9.17, 15) is 13.2 Å². The molecule has 1 aliphatic rings. The van der Waals surface area contributed by atoms with Crippen LogP contribution in [-0.2, 0) is 14.8 Å². The Labute approximate surface area is 142 Å². The molecular formula is C16H22ClN2O3S+. The van der Waals surface area contributed by atoms with Crippen molar-refractivity contribution in [2.45, 2.75) is 56.5 Å². The molecule has 1 N–H and O–H groups in total. The van der Waals surface area contributed by atoms with Crippen molar-refractivity contribution in [3.8, 4) is 0 Å². The average Bonchev–Trinajstić information content (AvgIpc) is 2.72. The molecule has 2 atom stereocenters. The van der Waals surface area contributed by atoms with Crippen molar-refractivity contribution in [3.05, 3.63) is 29.8 Å². The first kappa shape index (κ1) is 17.9. The monoisotopic (exact) mass is 357 g/mol. The molecule has 1 aromatic carbocycles. The zero-order chi connectivity index (χ0) is 17.6. The first-order valence-electron chi connectivity index (χ1n) is 7.39. The van der Waals surface area contributed by atoms with Crippen molar-refractivity contribution >= 4 is 33.2 Å². The van der Waals surface area contributed by atoms with Crippen LogP contribution in [0.25, 0.3) is 0 Å². The van der Waals surface area contributed by atoms with Crippen molar-refractivity contribution < 1.29 is 17.2 Å². The Morgan fingerprint density at radius 1 is 1.30 bits per heavy atom. The highest BCUT2D eigenvalue weighted by molar-refractivity contribution is 7.85. The summed E-state index contributed by atoms with van der Waals surface area (Å²) in [5.41, 5.74) is 0.226. The van der Waals surface area contributed by atoms with Gasteiger partial charge in [-0.15, -0.1) is 15.6 Å². The number of ketones is 1. The van der Waals surface area contributed by atoms with E-state index < -0.39 is 27.0 Å². The van der Waals surface area contributed by atoms with Crippen molar-refractivity contribution in [1.29, 1.82) is 0 Å². The van der Waals surface area contributed by atoms with E-state index in [4.69, 9.17) is 11.6 Å². The number of sulfonamides is 1. The minimum atomic E-state index is -3.89. The molecule has 7 heteroatoms. The molecule has 5 nitrogen and oxygen atoms in total. The molecule has 0 unspecified atom stereocenters. The molecule has 0 bridgehead atoms. The van der Waals surface area contributed by atoms with Crippen molar-refractivity contribution in [1.82, 2.24) is 5.32 Å². The molecule has 2 rings (SSSR count). The topological polar surface area (TPSA) is 66.2 Å². The van der Waals surface area contributed by atoms with Gasteiger partial charge in [0.2, 0.25) is 6.04 Å². The Morgan fingerprint density at radius 3 is 2.26 bits per heavy atom. The van der Waals surface area contributed by atoms with E-state index in [1.165, 1.54) is 6.92 Å². The molecule has 0 aromatic heterocycles. The van der Waals surface area contributed by atoms with Gasteiger partial charge in [-0.05, 0) is 46.8 Å². The predicted octanol–water partition coefficient (Wildman–Crippen LogP) is 2.06. The van der Waals surface area contributed by atoms with E-state index in [-0.39, 0.29) is 10.7 Å². The second-order valence-corrected chi connectivity index (χ2v) is 8.94. The van der Waals surface area contributed by atoms with Crippen LogP contribution < -0.4 is 5.32 Å². The number of nitrogens with zero attached hydrogens (tertiary/aromatic N) is 1. The SMILES string of the molecule is CC(=O)[C@@H]1[N+](S(=O)(=O)c2ccc(C)cc2)=C([C@H](C)Cl)NC1(C)C. The van der Waals surface area contributed by atoms with Gasteiger partial charge in [-0.3, -0.25) is 10.1 Å². The summed E-state index contributed by atoms with van der Waals surface area (Å²) in [4.78, 5) is 12.3. The molecular weight excluding hydrogens is 336 g/mol. The van der Waals surface area contributed by atoms with Crippen LogP contribution in [0.15, 0.2) is 29.2 Å². The van der Waals surface area contributed by atoms with Gasteiger partial charge in [0.25, 0.3) is 5.84 Å². The maximum Gasteiger partial charge on any atom is 0.331 e. The zero-order valence-corrected chi connectivity index (χ0v) is 15.5. The second-order valence-electron chi connectivity index (χ2n) is 6.48. The summed E-state index contributed by atoms with van der Waals surface area (Å²) in [7, 11) is -3.89. The summed E-state index contributed by atoms with van der Waals surface area (Å²) in [6.07, 6.45) is 0. The van der Waals surface area contributed by atoms with Gasteiger partial charge in [-0.2, -0.15) is 8.42 Å². The van der Waals surface area contributed by atoms with Gasteiger partial charge in [-0.25, -0.2) is 0 Å². The Kier molecular flexibility index (Phi) is 4.61. The van der Waals surface area contributed by atoms with Crippen LogP contribution >= 0.6 is 11.6 Å². The maximum atomic E-state index is 13.1. The number of nitrogens with one attached hydrogen (secondary N) is 1. The molecule has 1 heterocycles. The van der Waals surface area contributed by atoms with Crippen molar-refractivity contribution in [2.24, 2.45) is 0 Å². The third-order valence-corrected chi connectivity index (χ3v) is 5.95. The third kappa shape index (κ3) is 3.15. The summed E-state index contributed by atoms with van der Waals surface area (Å²) in [6.45, 7) is 8.55. The second kappa shape index (κ2) is 5.91. The molecule has 23 heavy (non-hydrogen) atoms. The highest BCUT2D eigenvalue weighted by Gasteiger charge is 2.55. The summed E-state index contributed by atoms with van der Waals surface area (Å²) in [6, 6.07) is 5.71. The van der Waals surface area contributed by atoms with Gasteiger partial charge in [-0.1, -0.05) is 17.7 Å². The number of hydrogen-bond acceptors (Lipinski definition) is 4. The Morgan fingerprint density at radius 2 is 1.83 bits per heavy atom. The number of aryl methyl sites for hydroxylation is 1. The smallest absolute Gasteiger partial charge is 0.295 e. The van der Waals surface area contributed by atoms with Crippen molar-refractivity contribution in [3.63, 3.8) is 0 Å². The molecule has 126 valence electrons. The lowest BCUT2D eigenvalue weighted by Crippen LogP contribution is -2.50. The first-order valence-corrected chi connectivity index (χ1v) is 9.27. The van der Waals surface area contributed by atoms with E-state index in [2.05, 4.69) is 5.32 Å². The molecule has 0 aliphatic carbocycles. The summed E-state index contributed by atoms with van der Waals surface area (Å²) < 4.78 is 27.4. The van der Waals surface area contributed by atoms with Crippen molar-refractivity contribution in [2.75, 3.05) is 0 Å².